The molecule has 30 heavy (non-hydrogen) atoms. The van der Waals surface area contributed by atoms with Gasteiger partial charge < -0.3 is 24.3 Å². The van der Waals surface area contributed by atoms with Crippen molar-refractivity contribution in [2.75, 3.05) is 25.6 Å². The first-order chi connectivity index (χ1) is 14.3. The second-order valence-corrected chi connectivity index (χ2v) is 7.43. The number of hydrogen-bond acceptors (Lipinski definition) is 6. The number of hydrogen-bond donors (Lipinski definition) is 1. The smallest absolute Gasteiger partial charge is 0.339 e. The highest BCUT2D eigenvalue weighted by atomic mass is 16.6. The summed E-state index contributed by atoms with van der Waals surface area (Å²) in [6.07, 6.45) is -0.990. The molecule has 1 heterocycles. The first-order valence-electron chi connectivity index (χ1n) is 9.90. The number of carbonyl (C=O) groups excluding carboxylic acids is 2. The monoisotopic (exact) mass is 413 g/mol. The van der Waals surface area contributed by atoms with E-state index >= 15 is 0 Å². The van der Waals surface area contributed by atoms with Gasteiger partial charge in [0.2, 0.25) is 5.75 Å². The van der Waals surface area contributed by atoms with Gasteiger partial charge in [-0.05, 0) is 43.0 Å². The Balaban J connectivity index is 1.74. The van der Waals surface area contributed by atoms with Crippen molar-refractivity contribution >= 4 is 17.6 Å². The molecule has 160 valence electrons. The summed E-state index contributed by atoms with van der Waals surface area (Å²) in [5, 5.41) is 2.90. The molecule has 7 nitrogen and oxygen atoms in total. The molecule has 0 radical (unpaired) electrons. The Morgan fingerprint density at radius 3 is 2.53 bits per heavy atom. The predicted octanol–water partition coefficient (Wildman–Crippen LogP) is 4.08. The summed E-state index contributed by atoms with van der Waals surface area (Å²) in [5.74, 6) is 0.421. The lowest BCUT2D eigenvalue weighted by atomic mass is 9.98. The van der Waals surface area contributed by atoms with Gasteiger partial charge in [-0.1, -0.05) is 32.0 Å². The lowest BCUT2D eigenvalue weighted by molar-refractivity contribution is -0.123. The Labute approximate surface area is 176 Å². The van der Waals surface area contributed by atoms with Crippen molar-refractivity contribution in [2.24, 2.45) is 0 Å². The average molecular weight is 413 g/mol. The number of carbonyl (C=O) groups is 2. The van der Waals surface area contributed by atoms with Crippen molar-refractivity contribution in [3.05, 3.63) is 47.0 Å². The molecule has 7 heteroatoms. The largest absolute Gasteiger partial charge is 0.493 e. The fourth-order valence-electron chi connectivity index (χ4n) is 3.24. The minimum Gasteiger partial charge on any atom is -0.493 e. The van der Waals surface area contributed by atoms with Crippen LogP contribution in [0.25, 0.3) is 0 Å². The summed E-state index contributed by atoms with van der Waals surface area (Å²) in [6, 6.07) is 8.91. The molecule has 0 bridgehead atoms. The minimum absolute atomic E-state index is 0.217. The van der Waals surface area contributed by atoms with Gasteiger partial charge in [0.1, 0.15) is 13.2 Å². The van der Waals surface area contributed by atoms with E-state index in [2.05, 4.69) is 19.2 Å². The Bertz CT molecular complexity index is 936. The van der Waals surface area contributed by atoms with Gasteiger partial charge in [0.15, 0.2) is 17.6 Å². The highest BCUT2D eigenvalue weighted by Crippen LogP contribution is 2.40. The number of para-hydroxylation sites is 1. The molecule has 0 saturated heterocycles. The minimum atomic E-state index is -0.990. The molecule has 1 atom stereocenters. The predicted molar refractivity (Wildman–Crippen MR) is 113 cm³/mol. The summed E-state index contributed by atoms with van der Waals surface area (Å²) < 4.78 is 21.8. The number of nitrogens with one attached hydrogen (secondary N) is 1. The summed E-state index contributed by atoms with van der Waals surface area (Å²) in [6.45, 7) is 8.37. The maximum Gasteiger partial charge on any atom is 0.339 e. The van der Waals surface area contributed by atoms with Gasteiger partial charge in [0.25, 0.3) is 5.91 Å². The highest BCUT2D eigenvalue weighted by Gasteiger charge is 2.25. The summed E-state index contributed by atoms with van der Waals surface area (Å²) in [5.41, 5.74) is 2.94. The molecule has 0 fully saturated rings. The van der Waals surface area contributed by atoms with E-state index in [0.29, 0.717) is 30.5 Å². The standard InChI is InChI=1S/C23H27NO6/c1-13(2)17-8-6-7-14(3)20(17)24-22(25)15(4)30-23(26)16-11-18(27-5)21-19(12-16)28-9-10-29-21/h6-8,11-13,15H,9-10H2,1-5H3,(H,24,25)/t15-/m1/s1. The quantitative estimate of drug-likeness (QED) is 0.719. The lowest BCUT2D eigenvalue weighted by Crippen LogP contribution is -2.30. The fourth-order valence-corrected chi connectivity index (χ4v) is 3.24. The molecular formula is C23H27NO6. The molecule has 1 aliphatic heterocycles. The number of methoxy groups -OCH3 is 1. The molecule has 2 aromatic carbocycles. The van der Waals surface area contributed by atoms with Gasteiger partial charge in [-0.2, -0.15) is 0 Å². The first-order valence-corrected chi connectivity index (χ1v) is 9.90. The fraction of sp³-hybridized carbons (Fsp3) is 0.391. The normalized spacial score (nSPS) is 13.5. The van der Waals surface area contributed by atoms with Gasteiger partial charge >= 0.3 is 5.97 Å². The maximum absolute atomic E-state index is 12.7. The van der Waals surface area contributed by atoms with Crippen LogP contribution in [0.5, 0.6) is 17.2 Å². The molecule has 0 unspecified atom stereocenters. The molecule has 0 spiro atoms. The zero-order valence-corrected chi connectivity index (χ0v) is 17.9. The lowest BCUT2D eigenvalue weighted by Gasteiger charge is -2.22. The first kappa shape index (κ1) is 21.5. The van der Waals surface area contributed by atoms with E-state index in [9.17, 15) is 9.59 Å². The SMILES string of the molecule is COc1cc(C(=O)O[C@H](C)C(=O)Nc2c(C)cccc2C(C)C)cc2c1OCCO2. The van der Waals surface area contributed by atoms with Crippen molar-refractivity contribution in [1.82, 2.24) is 0 Å². The zero-order chi connectivity index (χ0) is 21.8. The number of aryl methyl sites for hydroxylation is 1. The number of fused-ring (bicyclic) bond motifs is 1. The van der Waals surface area contributed by atoms with Gasteiger partial charge in [-0.25, -0.2) is 4.79 Å². The number of amides is 1. The van der Waals surface area contributed by atoms with Crippen LogP contribution < -0.4 is 19.5 Å². The molecule has 0 saturated carbocycles. The van der Waals surface area contributed by atoms with Crippen molar-refractivity contribution in [2.45, 2.75) is 39.7 Å². The van der Waals surface area contributed by atoms with Gasteiger partial charge in [0.05, 0.1) is 12.7 Å². The Morgan fingerprint density at radius 1 is 1.10 bits per heavy atom. The van der Waals surface area contributed by atoms with E-state index in [1.165, 1.54) is 26.2 Å². The molecule has 2 aromatic rings. The second kappa shape index (κ2) is 9.07. The zero-order valence-electron chi connectivity index (χ0n) is 17.9. The van der Waals surface area contributed by atoms with Gasteiger partial charge in [-0.3, -0.25) is 4.79 Å². The van der Waals surface area contributed by atoms with Crippen LogP contribution in [0, 0.1) is 6.92 Å². The molecular weight excluding hydrogens is 386 g/mol. The average Bonchev–Trinajstić information content (AvgIpc) is 2.73. The number of ether oxygens (including phenoxy) is 4. The van der Waals surface area contributed by atoms with Crippen LogP contribution in [0.1, 0.15) is 48.2 Å². The topological polar surface area (TPSA) is 83.1 Å². The van der Waals surface area contributed by atoms with Crippen LogP contribution in [0.3, 0.4) is 0 Å². The highest BCUT2D eigenvalue weighted by molar-refractivity contribution is 5.98. The van der Waals surface area contributed by atoms with Crippen molar-refractivity contribution in [1.29, 1.82) is 0 Å². The van der Waals surface area contributed by atoms with E-state index in [0.717, 1.165) is 16.8 Å². The number of anilines is 1. The summed E-state index contributed by atoms with van der Waals surface area (Å²) >= 11 is 0. The van der Waals surface area contributed by atoms with E-state index in [4.69, 9.17) is 18.9 Å². The maximum atomic E-state index is 12.7. The van der Waals surface area contributed by atoms with Crippen molar-refractivity contribution in [3.63, 3.8) is 0 Å². The Kier molecular flexibility index (Phi) is 6.50. The van der Waals surface area contributed by atoms with Crippen LogP contribution in [0.4, 0.5) is 5.69 Å². The van der Waals surface area contributed by atoms with Crippen molar-refractivity contribution in [3.8, 4) is 17.2 Å². The summed E-state index contributed by atoms with van der Waals surface area (Å²) in [7, 11) is 1.48. The molecule has 0 aromatic heterocycles. The summed E-state index contributed by atoms with van der Waals surface area (Å²) in [4.78, 5) is 25.4. The number of esters is 1. The van der Waals surface area contributed by atoms with Crippen LogP contribution >= 0.6 is 0 Å². The Morgan fingerprint density at radius 2 is 1.83 bits per heavy atom. The second-order valence-electron chi connectivity index (χ2n) is 7.43. The van der Waals surface area contributed by atoms with Crippen LogP contribution in [-0.4, -0.2) is 38.3 Å². The third kappa shape index (κ3) is 4.50. The van der Waals surface area contributed by atoms with Gasteiger partial charge in [-0.15, -0.1) is 0 Å². The molecule has 1 N–H and O–H groups in total. The third-order valence-corrected chi connectivity index (χ3v) is 4.89. The van der Waals surface area contributed by atoms with Crippen LogP contribution in [0.2, 0.25) is 0 Å². The molecule has 1 amide bonds. The van der Waals surface area contributed by atoms with E-state index < -0.39 is 18.0 Å². The number of benzene rings is 2. The van der Waals surface area contributed by atoms with E-state index in [-0.39, 0.29) is 11.5 Å². The van der Waals surface area contributed by atoms with Crippen LogP contribution in [-0.2, 0) is 9.53 Å². The third-order valence-electron chi connectivity index (χ3n) is 4.89. The van der Waals surface area contributed by atoms with Crippen molar-refractivity contribution < 1.29 is 28.5 Å². The number of rotatable bonds is 6. The van der Waals surface area contributed by atoms with E-state index in [1.807, 2.05) is 25.1 Å². The molecule has 1 aliphatic rings. The Hall–Kier alpha value is -3.22. The van der Waals surface area contributed by atoms with Crippen LogP contribution in [0.15, 0.2) is 30.3 Å². The van der Waals surface area contributed by atoms with E-state index in [1.54, 1.807) is 0 Å². The van der Waals surface area contributed by atoms with Gasteiger partial charge in [0, 0.05) is 5.69 Å². The molecule has 0 aliphatic carbocycles. The molecule has 3 rings (SSSR count).